The lowest BCUT2D eigenvalue weighted by atomic mass is 10.2. The van der Waals surface area contributed by atoms with E-state index in [1.54, 1.807) is 0 Å². The molecule has 0 spiro atoms. The maximum absolute atomic E-state index is 5.56. The molecule has 0 bridgehead atoms. The Morgan fingerprint density at radius 2 is 1.43 bits per heavy atom. The minimum atomic E-state index is 0.732. The second-order valence-electron chi connectivity index (χ2n) is 3.33. The van der Waals surface area contributed by atoms with Gasteiger partial charge in [0.1, 0.15) is 0 Å². The van der Waals surface area contributed by atoms with E-state index in [2.05, 4.69) is 6.92 Å². The van der Waals surface area contributed by atoms with E-state index in [0.717, 1.165) is 51.6 Å². The topological polar surface area (TPSA) is 18.5 Å². The van der Waals surface area contributed by atoms with Crippen LogP contribution in [0, 0.1) is 0 Å². The summed E-state index contributed by atoms with van der Waals surface area (Å²) in [5.41, 5.74) is 0. The lowest BCUT2D eigenvalue weighted by Gasteiger charge is -2.04. The van der Waals surface area contributed by atoms with Crippen molar-refractivity contribution in [2.75, 3.05) is 32.3 Å². The zero-order chi connectivity index (χ0) is 10.5. The monoisotopic (exact) mass is 222 g/mol. The summed E-state index contributed by atoms with van der Waals surface area (Å²) in [6, 6.07) is 0. The molecule has 0 N–H and O–H groups in total. The number of ether oxygens (including phenoxy) is 2. The van der Waals surface area contributed by atoms with Crippen LogP contribution in [0.5, 0.6) is 0 Å². The van der Waals surface area contributed by atoms with Crippen molar-refractivity contribution in [2.45, 2.75) is 39.0 Å². The van der Waals surface area contributed by atoms with Crippen molar-refractivity contribution in [3.63, 3.8) is 0 Å². The molecule has 0 aromatic rings. The second-order valence-corrected chi connectivity index (χ2v) is 3.71. The molecule has 0 amide bonds. The van der Waals surface area contributed by atoms with Crippen molar-refractivity contribution in [3.05, 3.63) is 0 Å². The van der Waals surface area contributed by atoms with Crippen molar-refractivity contribution in [1.82, 2.24) is 0 Å². The Morgan fingerprint density at radius 1 is 0.786 bits per heavy atom. The standard InChI is InChI=1S/C11H23ClO2/c1-2-8-13-10-11-14-9-6-4-3-5-7-12/h2-11H2,1H3. The molecule has 0 aromatic carbocycles. The van der Waals surface area contributed by atoms with Crippen LogP contribution in [0.1, 0.15) is 39.0 Å². The molecule has 0 atom stereocenters. The molecule has 0 saturated carbocycles. The summed E-state index contributed by atoms with van der Waals surface area (Å²) in [6.45, 7) is 5.28. The predicted molar refractivity (Wildman–Crippen MR) is 61.1 cm³/mol. The fraction of sp³-hybridized carbons (Fsp3) is 1.00. The number of rotatable bonds is 11. The molecule has 86 valence electrons. The van der Waals surface area contributed by atoms with Gasteiger partial charge >= 0.3 is 0 Å². The number of hydrogen-bond donors (Lipinski definition) is 0. The highest BCUT2D eigenvalue weighted by atomic mass is 35.5. The normalized spacial score (nSPS) is 10.7. The van der Waals surface area contributed by atoms with Crippen LogP contribution in [-0.4, -0.2) is 32.3 Å². The van der Waals surface area contributed by atoms with Gasteiger partial charge < -0.3 is 9.47 Å². The van der Waals surface area contributed by atoms with E-state index < -0.39 is 0 Å². The summed E-state index contributed by atoms with van der Waals surface area (Å²) in [4.78, 5) is 0. The Labute approximate surface area is 92.9 Å². The smallest absolute Gasteiger partial charge is 0.0700 e. The molecule has 2 nitrogen and oxygen atoms in total. The molecule has 14 heavy (non-hydrogen) atoms. The number of hydrogen-bond acceptors (Lipinski definition) is 2. The summed E-state index contributed by atoms with van der Waals surface area (Å²) in [6.07, 6.45) is 5.80. The van der Waals surface area contributed by atoms with Crippen molar-refractivity contribution in [1.29, 1.82) is 0 Å². The van der Waals surface area contributed by atoms with Gasteiger partial charge in [-0.3, -0.25) is 0 Å². The van der Waals surface area contributed by atoms with Gasteiger partial charge in [-0.1, -0.05) is 19.8 Å². The van der Waals surface area contributed by atoms with Crippen LogP contribution < -0.4 is 0 Å². The van der Waals surface area contributed by atoms with E-state index >= 15 is 0 Å². The van der Waals surface area contributed by atoms with Gasteiger partial charge in [-0.05, 0) is 19.3 Å². The predicted octanol–water partition coefficient (Wildman–Crippen LogP) is 3.23. The van der Waals surface area contributed by atoms with Gasteiger partial charge in [0.25, 0.3) is 0 Å². The largest absolute Gasteiger partial charge is 0.379 e. The first-order chi connectivity index (χ1) is 6.91. The minimum absolute atomic E-state index is 0.732. The summed E-state index contributed by atoms with van der Waals surface area (Å²) in [5, 5.41) is 0. The van der Waals surface area contributed by atoms with Gasteiger partial charge in [-0.25, -0.2) is 0 Å². The van der Waals surface area contributed by atoms with E-state index in [9.17, 15) is 0 Å². The Hall–Kier alpha value is 0.210. The molecule has 3 heteroatoms. The van der Waals surface area contributed by atoms with Crippen LogP contribution >= 0.6 is 11.6 Å². The molecule has 0 aliphatic carbocycles. The fourth-order valence-corrected chi connectivity index (χ4v) is 1.31. The van der Waals surface area contributed by atoms with Gasteiger partial charge in [0.15, 0.2) is 0 Å². The van der Waals surface area contributed by atoms with Crippen LogP contribution in [-0.2, 0) is 9.47 Å². The van der Waals surface area contributed by atoms with Crippen molar-refractivity contribution in [3.8, 4) is 0 Å². The number of unbranched alkanes of at least 4 members (excludes halogenated alkanes) is 3. The van der Waals surface area contributed by atoms with E-state index in [0.29, 0.717) is 0 Å². The highest BCUT2D eigenvalue weighted by molar-refractivity contribution is 6.17. The summed E-state index contributed by atoms with van der Waals surface area (Å²) < 4.78 is 10.7. The number of alkyl halides is 1. The first kappa shape index (κ1) is 14.2. The van der Waals surface area contributed by atoms with Gasteiger partial charge in [-0.15, -0.1) is 11.6 Å². The van der Waals surface area contributed by atoms with Crippen molar-refractivity contribution >= 4 is 11.6 Å². The summed E-state index contributed by atoms with van der Waals surface area (Å²) >= 11 is 5.56. The van der Waals surface area contributed by atoms with Crippen LogP contribution in [0.2, 0.25) is 0 Å². The Bertz CT molecular complexity index is 87.3. The molecule has 0 rings (SSSR count). The SMILES string of the molecule is CCCOCCOCCCCCCCl. The van der Waals surface area contributed by atoms with Crippen LogP contribution in [0.15, 0.2) is 0 Å². The van der Waals surface area contributed by atoms with Gasteiger partial charge in [0.2, 0.25) is 0 Å². The quantitative estimate of drug-likeness (QED) is 0.395. The fourth-order valence-electron chi connectivity index (χ4n) is 1.12. The molecule has 0 saturated heterocycles. The molecule has 0 radical (unpaired) electrons. The van der Waals surface area contributed by atoms with Crippen LogP contribution in [0.4, 0.5) is 0 Å². The highest BCUT2D eigenvalue weighted by Gasteiger charge is 1.91. The minimum Gasteiger partial charge on any atom is -0.379 e. The first-order valence-corrected chi connectivity index (χ1v) is 6.16. The third-order valence-electron chi connectivity index (χ3n) is 1.89. The van der Waals surface area contributed by atoms with Crippen LogP contribution in [0.25, 0.3) is 0 Å². The lowest BCUT2D eigenvalue weighted by Crippen LogP contribution is -2.05. The summed E-state index contributed by atoms with van der Waals surface area (Å²) in [5.74, 6) is 0.783. The molecule has 0 heterocycles. The van der Waals surface area contributed by atoms with Gasteiger partial charge in [-0.2, -0.15) is 0 Å². The molecule has 0 fully saturated rings. The summed E-state index contributed by atoms with van der Waals surface area (Å²) in [7, 11) is 0. The third-order valence-corrected chi connectivity index (χ3v) is 2.16. The molecule has 0 aromatic heterocycles. The maximum Gasteiger partial charge on any atom is 0.0700 e. The highest BCUT2D eigenvalue weighted by Crippen LogP contribution is 2.00. The molecule has 0 unspecified atom stereocenters. The molecule has 0 aliphatic rings. The van der Waals surface area contributed by atoms with Crippen molar-refractivity contribution in [2.24, 2.45) is 0 Å². The second kappa shape index (κ2) is 13.2. The van der Waals surface area contributed by atoms with Gasteiger partial charge in [0.05, 0.1) is 13.2 Å². The maximum atomic E-state index is 5.56. The average molecular weight is 223 g/mol. The average Bonchev–Trinajstić information content (AvgIpc) is 2.21. The van der Waals surface area contributed by atoms with E-state index in [4.69, 9.17) is 21.1 Å². The Balaban J connectivity index is 2.78. The van der Waals surface area contributed by atoms with Gasteiger partial charge in [0, 0.05) is 19.1 Å². The van der Waals surface area contributed by atoms with E-state index in [-0.39, 0.29) is 0 Å². The zero-order valence-electron chi connectivity index (χ0n) is 9.27. The number of halogens is 1. The van der Waals surface area contributed by atoms with Crippen LogP contribution in [0.3, 0.4) is 0 Å². The first-order valence-electron chi connectivity index (χ1n) is 5.63. The molecule has 0 aliphatic heterocycles. The Kier molecular flexibility index (Phi) is 13.4. The van der Waals surface area contributed by atoms with E-state index in [1.807, 2.05) is 0 Å². The molecular weight excluding hydrogens is 200 g/mol. The Morgan fingerprint density at radius 3 is 2.07 bits per heavy atom. The third kappa shape index (κ3) is 12.2. The lowest BCUT2D eigenvalue weighted by molar-refractivity contribution is 0.0465. The zero-order valence-corrected chi connectivity index (χ0v) is 10.0. The molecular formula is C11H23ClO2. The van der Waals surface area contributed by atoms with E-state index in [1.165, 1.54) is 12.8 Å². The van der Waals surface area contributed by atoms with Crippen molar-refractivity contribution < 1.29 is 9.47 Å².